The predicted molar refractivity (Wildman–Crippen MR) is 79.1 cm³/mol. The van der Waals surface area contributed by atoms with Crippen molar-refractivity contribution in [2.24, 2.45) is 0 Å². The summed E-state index contributed by atoms with van der Waals surface area (Å²) < 4.78 is 41.0. The topological polar surface area (TPSA) is 76.4 Å². The summed E-state index contributed by atoms with van der Waals surface area (Å²) >= 11 is 4.98. The van der Waals surface area contributed by atoms with Crippen LogP contribution < -0.4 is 15.4 Å². The Labute approximate surface area is 129 Å². The lowest BCUT2D eigenvalue weighted by atomic mass is 10.2. The Morgan fingerprint density at radius 3 is 2.55 bits per heavy atom. The minimum Gasteiger partial charge on any atom is -0.484 e. The molecule has 0 aliphatic carbocycles. The molecular formula is C12H14F3N3O3S. The first-order chi connectivity index (χ1) is 10.1. The number of hydrogen-bond acceptors (Lipinski definition) is 4. The number of nitrogens with one attached hydrogen (secondary N) is 2. The second-order valence-electron chi connectivity index (χ2n) is 4.63. The molecule has 0 unspecified atom stereocenters. The highest BCUT2D eigenvalue weighted by Gasteiger charge is 2.28. The van der Waals surface area contributed by atoms with E-state index < -0.39 is 23.4 Å². The van der Waals surface area contributed by atoms with Gasteiger partial charge < -0.3 is 15.4 Å². The molecule has 0 atom stereocenters. The van der Waals surface area contributed by atoms with E-state index in [1.807, 2.05) is 13.8 Å². The number of halogens is 3. The Hall–Kier alpha value is -2.10. The van der Waals surface area contributed by atoms with E-state index >= 15 is 0 Å². The summed E-state index contributed by atoms with van der Waals surface area (Å²) in [5.41, 5.74) is -0.251. The largest absolute Gasteiger partial charge is 0.484 e. The standard InChI is InChI=1S/C12H14F3N3O3S/c1-7(2)16-11(22)17-8-3-9(18(19)20)5-10(4-8)21-6-12(13,14)15/h3-5,7H,6H2,1-2H3,(H2,16,17,22). The van der Waals surface area contributed by atoms with Crippen LogP contribution in [0.4, 0.5) is 24.5 Å². The fourth-order valence-electron chi connectivity index (χ4n) is 1.44. The van der Waals surface area contributed by atoms with Crippen LogP contribution in [0, 0.1) is 10.1 Å². The summed E-state index contributed by atoms with van der Waals surface area (Å²) in [6.45, 7) is 2.13. The molecule has 0 spiro atoms. The molecule has 0 bridgehead atoms. The molecule has 0 radical (unpaired) electrons. The van der Waals surface area contributed by atoms with Crippen molar-refractivity contribution in [3.63, 3.8) is 0 Å². The second-order valence-corrected chi connectivity index (χ2v) is 5.04. The van der Waals surface area contributed by atoms with Gasteiger partial charge in [-0.05, 0) is 26.1 Å². The molecule has 0 amide bonds. The Morgan fingerprint density at radius 2 is 2.05 bits per heavy atom. The van der Waals surface area contributed by atoms with Gasteiger partial charge in [0.05, 0.1) is 16.7 Å². The van der Waals surface area contributed by atoms with E-state index in [2.05, 4.69) is 15.4 Å². The number of nitrogens with zero attached hydrogens (tertiary/aromatic N) is 1. The van der Waals surface area contributed by atoms with Crippen LogP contribution in [0.15, 0.2) is 18.2 Å². The molecule has 122 valence electrons. The van der Waals surface area contributed by atoms with Crippen LogP contribution in [0.1, 0.15) is 13.8 Å². The summed E-state index contributed by atoms with van der Waals surface area (Å²) in [5.74, 6) is -0.277. The molecule has 0 aliphatic rings. The second kappa shape index (κ2) is 7.25. The molecule has 10 heteroatoms. The minimum absolute atomic E-state index is 0.0275. The number of thiocarbonyl (C=S) groups is 1. The Kier molecular flexibility index (Phi) is 5.92. The molecule has 0 heterocycles. The van der Waals surface area contributed by atoms with Gasteiger partial charge in [-0.25, -0.2) is 0 Å². The number of benzene rings is 1. The van der Waals surface area contributed by atoms with Gasteiger partial charge in [0, 0.05) is 18.2 Å². The average molecular weight is 337 g/mol. The molecule has 0 fully saturated rings. The minimum atomic E-state index is -4.54. The molecule has 1 rings (SSSR count). The number of non-ortho nitro benzene ring substituents is 1. The molecule has 6 nitrogen and oxygen atoms in total. The van der Waals surface area contributed by atoms with Crippen molar-refractivity contribution in [3.8, 4) is 5.75 Å². The van der Waals surface area contributed by atoms with Gasteiger partial charge >= 0.3 is 6.18 Å². The van der Waals surface area contributed by atoms with Crippen LogP contribution in [0.5, 0.6) is 5.75 Å². The molecule has 0 aromatic heterocycles. The number of anilines is 1. The van der Waals surface area contributed by atoms with Crippen LogP contribution in [-0.4, -0.2) is 28.9 Å². The van der Waals surface area contributed by atoms with Gasteiger partial charge in [-0.3, -0.25) is 10.1 Å². The SMILES string of the molecule is CC(C)NC(=S)Nc1cc(OCC(F)(F)F)cc([N+](=O)[O-])c1. The smallest absolute Gasteiger partial charge is 0.422 e. The van der Waals surface area contributed by atoms with Crippen LogP contribution >= 0.6 is 12.2 Å². The van der Waals surface area contributed by atoms with Gasteiger partial charge in [0.1, 0.15) is 5.75 Å². The Morgan fingerprint density at radius 1 is 1.41 bits per heavy atom. The Bertz CT molecular complexity index is 564. The maximum absolute atomic E-state index is 12.1. The first-order valence-electron chi connectivity index (χ1n) is 6.13. The highest BCUT2D eigenvalue weighted by Crippen LogP contribution is 2.27. The number of rotatable bonds is 5. The molecule has 0 aliphatic heterocycles. The van der Waals surface area contributed by atoms with Crippen molar-refractivity contribution in [1.82, 2.24) is 5.32 Å². The zero-order valence-corrected chi connectivity index (χ0v) is 12.5. The molecule has 22 heavy (non-hydrogen) atoms. The van der Waals surface area contributed by atoms with Gasteiger partial charge in [-0.1, -0.05) is 0 Å². The Balaban J connectivity index is 2.94. The maximum Gasteiger partial charge on any atom is 0.422 e. The normalized spacial score (nSPS) is 11.2. The van der Waals surface area contributed by atoms with Crippen molar-refractivity contribution in [2.45, 2.75) is 26.1 Å². The summed E-state index contributed by atoms with van der Waals surface area (Å²) in [5, 5.41) is 16.5. The van der Waals surface area contributed by atoms with E-state index in [0.717, 1.165) is 12.1 Å². The molecule has 1 aromatic rings. The van der Waals surface area contributed by atoms with Gasteiger partial charge in [0.15, 0.2) is 11.7 Å². The van der Waals surface area contributed by atoms with Gasteiger partial charge in [-0.15, -0.1) is 0 Å². The highest BCUT2D eigenvalue weighted by molar-refractivity contribution is 7.80. The lowest BCUT2D eigenvalue weighted by molar-refractivity contribution is -0.384. The number of hydrogen-bond donors (Lipinski definition) is 2. The van der Waals surface area contributed by atoms with E-state index in [9.17, 15) is 23.3 Å². The average Bonchev–Trinajstić information content (AvgIpc) is 2.34. The molecule has 0 saturated heterocycles. The van der Waals surface area contributed by atoms with Crippen LogP contribution in [0.3, 0.4) is 0 Å². The summed E-state index contributed by atoms with van der Waals surface area (Å²) in [6.07, 6.45) is -4.54. The zero-order valence-electron chi connectivity index (χ0n) is 11.7. The summed E-state index contributed by atoms with van der Waals surface area (Å²) in [4.78, 5) is 10.1. The van der Waals surface area contributed by atoms with Crippen molar-refractivity contribution in [2.75, 3.05) is 11.9 Å². The van der Waals surface area contributed by atoms with Crippen molar-refractivity contribution in [1.29, 1.82) is 0 Å². The van der Waals surface area contributed by atoms with E-state index in [0.29, 0.717) is 0 Å². The predicted octanol–water partition coefficient (Wildman–Crippen LogP) is 3.23. The first-order valence-corrected chi connectivity index (χ1v) is 6.54. The van der Waals surface area contributed by atoms with E-state index in [4.69, 9.17) is 12.2 Å². The third-order valence-corrected chi connectivity index (χ3v) is 2.40. The third kappa shape index (κ3) is 6.57. The number of nitro benzene ring substituents is 1. The van der Waals surface area contributed by atoms with Crippen molar-refractivity contribution in [3.05, 3.63) is 28.3 Å². The fraction of sp³-hybridized carbons (Fsp3) is 0.417. The number of alkyl halides is 3. The van der Waals surface area contributed by atoms with Crippen LogP contribution in [-0.2, 0) is 0 Å². The number of nitro groups is 1. The monoisotopic (exact) mass is 337 g/mol. The van der Waals surface area contributed by atoms with E-state index in [-0.39, 0.29) is 22.6 Å². The zero-order chi connectivity index (χ0) is 16.9. The van der Waals surface area contributed by atoms with Gasteiger partial charge in [-0.2, -0.15) is 13.2 Å². The number of ether oxygens (including phenoxy) is 1. The lowest BCUT2D eigenvalue weighted by Gasteiger charge is -2.14. The molecule has 1 aromatic carbocycles. The van der Waals surface area contributed by atoms with Crippen molar-refractivity contribution >= 4 is 28.7 Å². The van der Waals surface area contributed by atoms with E-state index in [1.54, 1.807) is 0 Å². The first kappa shape index (κ1) is 18.0. The van der Waals surface area contributed by atoms with Crippen LogP contribution in [0.2, 0.25) is 0 Å². The third-order valence-electron chi connectivity index (χ3n) is 2.18. The molecule has 2 N–H and O–H groups in total. The van der Waals surface area contributed by atoms with E-state index in [1.165, 1.54) is 6.07 Å². The molecular weight excluding hydrogens is 323 g/mol. The molecule has 0 saturated carbocycles. The highest BCUT2D eigenvalue weighted by atomic mass is 32.1. The van der Waals surface area contributed by atoms with Gasteiger partial charge in [0.2, 0.25) is 0 Å². The van der Waals surface area contributed by atoms with Gasteiger partial charge in [0.25, 0.3) is 5.69 Å². The quantitative estimate of drug-likeness (QED) is 0.488. The summed E-state index contributed by atoms with van der Waals surface area (Å²) in [6, 6.07) is 3.29. The lowest BCUT2D eigenvalue weighted by Crippen LogP contribution is -2.33. The summed E-state index contributed by atoms with van der Waals surface area (Å²) in [7, 11) is 0. The van der Waals surface area contributed by atoms with Crippen molar-refractivity contribution < 1.29 is 22.8 Å². The maximum atomic E-state index is 12.1. The fourth-order valence-corrected chi connectivity index (χ4v) is 1.79. The van der Waals surface area contributed by atoms with Crippen LogP contribution in [0.25, 0.3) is 0 Å².